The number of nitrogens with zero attached hydrogens (tertiary/aromatic N) is 2. The Morgan fingerprint density at radius 1 is 1.10 bits per heavy atom. The average Bonchev–Trinajstić information content (AvgIpc) is 3.41. The van der Waals surface area contributed by atoms with E-state index in [0.717, 1.165) is 74.4 Å². The van der Waals surface area contributed by atoms with E-state index >= 15 is 0 Å². The first-order valence-electron chi connectivity index (χ1n) is 12.4. The summed E-state index contributed by atoms with van der Waals surface area (Å²) in [6.07, 6.45) is 12.1. The SMILES string of the molecule is CC(=O)CCCCC(=O)N1CCC(CC2(C)SC(C[C@H]3C[C@@H]4CC[C@H]3C4)=NC2=O)CC1. The summed E-state index contributed by atoms with van der Waals surface area (Å²) in [5.41, 5.74) is 0. The van der Waals surface area contributed by atoms with Crippen LogP contribution in [0.4, 0.5) is 0 Å². The summed E-state index contributed by atoms with van der Waals surface area (Å²) in [7, 11) is 0. The molecule has 2 bridgehead atoms. The van der Waals surface area contributed by atoms with Crippen molar-refractivity contribution in [3.63, 3.8) is 0 Å². The van der Waals surface area contributed by atoms with Crippen LogP contribution in [0.2, 0.25) is 0 Å². The molecule has 3 fully saturated rings. The van der Waals surface area contributed by atoms with Gasteiger partial charge in [0.25, 0.3) is 5.91 Å². The highest BCUT2D eigenvalue weighted by Crippen LogP contribution is 2.51. The van der Waals surface area contributed by atoms with Crippen molar-refractivity contribution in [1.29, 1.82) is 0 Å². The third-order valence-corrected chi connectivity index (χ3v) is 9.44. The molecule has 1 saturated heterocycles. The predicted octanol–water partition coefficient (Wildman–Crippen LogP) is 5.02. The number of hydrogen-bond acceptors (Lipinski definition) is 4. The lowest BCUT2D eigenvalue weighted by Crippen LogP contribution is -2.40. The minimum absolute atomic E-state index is 0.0691. The van der Waals surface area contributed by atoms with Crippen molar-refractivity contribution in [1.82, 2.24) is 4.90 Å². The highest BCUT2D eigenvalue weighted by Gasteiger charge is 2.45. The number of ketones is 1. The average molecular weight is 447 g/mol. The summed E-state index contributed by atoms with van der Waals surface area (Å²) >= 11 is 1.74. The summed E-state index contributed by atoms with van der Waals surface area (Å²) in [4.78, 5) is 42.7. The van der Waals surface area contributed by atoms with Gasteiger partial charge in [0, 0.05) is 25.9 Å². The highest BCUT2D eigenvalue weighted by molar-refractivity contribution is 8.16. The fraction of sp³-hybridized carbons (Fsp3) is 0.840. The number of hydrogen-bond donors (Lipinski definition) is 0. The number of carbonyl (C=O) groups excluding carboxylic acids is 3. The van der Waals surface area contributed by atoms with Crippen LogP contribution in [0, 0.1) is 23.7 Å². The fourth-order valence-electron chi connectivity index (χ4n) is 6.37. The minimum atomic E-state index is -0.406. The molecule has 4 atom stereocenters. The van der Waals surface area contributed by atoms with Crippen LogP contribution in [-0.4, -0.2) is 45.4 Å². The van der Waals surface area contributed by atoms with Crippen molar-refractivity contribution in [2.75, 3.05) is 13.1 Å². The van der Waals surface area contributed by atoms with E-state index in [1.807, 2.05) is 4.90 Å². The van der Waals surface area contributed by atoms with Crippen molar-refractivity contribution in [2.45, 2.75) is 95.6 Å². The van der Waals surface area contributed by atoms with E-state index in [-0.39, 0.29) is 17.6 Å². The zero-order valence-corrected chi connectivity index (χ0v) is 20.1. The number of aliphatic imine (C=N–C) groups is 1. The van der Waals surface area contributed by atoms with E-state index in [4.69, 9.17) is 0 Å². The molecule has 2 aliphatic heterocycles. The first-order valence-corrected chi connectivity index (χ1v) is 13.2. The van der Waals surface area contributed by atoms with Gasteiger partial charge in [-0.1, -0.05) is 18.2 Å². The molecule has 4 rings (SSSR count). The molecule has 0 N–H and O–H groups in total. The van der Waals surface area contributed by atoms with Gasteiger partial charge in [0.15, 0.2) is 0 Å². The minimum Gasteiger partial charge on any atom is -0.343 e. The van der Waals surface area contributed by atoms with Gasteiger partial charge in [-0.15, -0.1) is 0 Å². The van der Waals surface area contributed by atoms with Gasteiger partial charge >= 0.3 is 0 Å². The zero-order chi connectivity index (χ0) is 22.0. The third-order valence-electron chi connectivity index (χ3n) is 8.16. The lowest BCUT2D eigenvalue weighted by Gasteiger charge is -2.35. The molecule has 6 heteroatoms. The molecule has 0 radical (unpaired) electrons. The van der Waals surface area contributed by atoms with Gasteiger partial charge in [0.1, 0.15) is 10.5 Å². The van der Waals surface area contributed by atoms with Gasteiger partial charge in [0.2, 0.25) is 5.91 Å². The van der Waals surface area contributed by atoms with E-state index in [9.17, 15) is 14.4 Å². The Kier molecular flexibility index (Phi) is 7.24. The van der Waals surface area contributed by atoms with Crippen molar-refractivity contribution in [3.8, 4) is 0 Å². The predicted molar refractivity (Wildman–Crippen MR) is 125 cm³/mol. The standard InChI is InChI=1S/C25H38N2O3S/c1-17(28)5-3-4-6-23(29)27-11-9-18(10-12-27)16-25(2)24(30)26-22(31-25)15-21-14-19-7-8-20(21)13-19/h18-21H,3-16H2,1-2H3/t19-,20+,21-,25?/m1/s1. The number of Topliss-reactive ketones (excluding diaryl/α,β-unsaturated/α-hetero) is 1. The summed E-state index contributed by atoms with van der Waals surface area (Å²) in [5.74, 6) is 3.54. The number of unbranched alkanes of at least 4 members (excludes halogenated alkanes) is 1. The van der Waals surface area contributed by atoms with Crippen LogP contribution >= 0.6 is 11.8 Å². The van der Waals surface area contributed by atoms with Crippen LogP contribution < -0.4 is 0 Å². The second-order valence-corrected chi connectivity index (χ2v) is 12.3. The van der Waals surface area contributed by atoms with E-state index < -0.39 is 4.75 Å². The number of fused-ring (bicyclic) bond motifs is 2. The number of thioether (sulfide) groups is 1. The normalized spacial score (nSPS) is 33.2. The van der Waals surface area contributed by atoms with Crippen LogP contribution in [0.3, 0.4) is 0 Å². The summed E-state index contributed by atoms with van der Waals surface area (Å²) in [6.45, 7) is 5.28. The maximum absolute atomic E-state index is 12.8. The quantitative estimate of drug-likeness (QED) is 0.466. The van der Waals surface area contributed by atoms with Gasteiger partial charge in [0.05, 0.1) is 5.04 Å². The van der Waals surface area contributed by atoms with Crippen LogP contribution in [0.25, 0.3) is 0 Å². The fourth-order valence-corrected chi connectivity index (χ4v) is 7.77. The molecule has 2 heterocycles. The van der Waals surface area contributed by atoms with Gasteiger partial charge < -0.3 is 9.69 Å². The molecule has 31 heavy (non-hydrogen) atoms. The first-order chi connectivity index (χ1) is 14.8. The Morgan fingerprint density at radius 2 is 1.84 bits per heavy atom. The molecule has 0 aromatic heterocycles. The summed E-state index contributed by atoms with van der Waals surface area (Å²) < 4.78 is -0.406. The molecule has 0 spiro atoms. The van der Waals surface area contributed by atoms with Crippen molar-refractivity contribution >= 4 is 34.4 Å². The number of likely N-dealkylation sites (tertiary alicyclic amines) is 1. The van der Waals surface area contributed by atoms with E-state index in [1.54, 1.807) is 18.7 Å². The van der Waals surface area contributed by atoms with Crippen molar-refractivity contribution < 1.29 is 14.4 Å². The molecule has 4 aliphatic rings. The Morgan fingerprint density at radius 3 is 2.48 bits per heavy atom. The maximum Gasteiger partial charge on any atom is 0.262 e. The van der Waals surface area contributed by atoms with Gasteiger partial charge in [-0.25, -0.2) is 4.99 Å². The lowest BCUT2D eigenvalue weighted by molar-refractivity contribution is -0.133. The number of amides is 2. The van der Waals surface area contributed by atoms with Gasteiger partial charge in [-0.05, 0) is 95.3 Å². The molecule has 0 aromatic rings. The molecule has 1 unspecified atom stereocenters. The highest BCUT2D eigenvalue weighted by atomic mass is 32.2. The van der Waals surface area contributed by atoms with Crippen LogP contribution in [0.15, 0.2) is 4.99 Å². The topological polar surface area (TPSA) is 66.8 Å². The van der Waals surface area contributed by atoms with Crippen molar-refractivity contribution in [3.05, 3.63) is 0 Å². The monoisotopic (exact) mass is 446 g/mol. The molecule has 2 amide bonds. The molecule has 2 saturated carbocycles. The Balaban J connectivity index is 1.19. The molecule has 2 aliphatic carbocycles. The van der Waals surface area contributed by atoms with Crippen LogP contribution in [0.1, 0.15) is 90.9 Å². The second kappa shape index (κ2) is 9.76. The number of carbonyl (C=O) groups is 3. The number of rotatable bonds is 9. The maximum atomic E-state index is 12.8. The molecular formula is C25H38N2O3S. The lowest BCUT2D eigenvalue weighted by atomic mass is 9.86. The van der Waals surface area contributed by atoms with E-state index in [1.165, 1.54) is 25.7 Å². The third kappa shape index (κ3) is 5.61. The zero-order valence-electron chi connectivity index (χ0n) is 19.2. The summed E-state index contributed by atoms with van der Waals surface area (Å²) in [5, 5.41) is 1.09. The Bertz CT molecular complexity index is 743. The largest absolute Gasteiger partial charge is 0.343 e. The molecular weight excluding hydrogens is 408 g/mol. The van der Waals surface area contributed by atoms with Crippen molar-refractivity contribution in [2.24, 2.45) is 28.7 Å². The molecule has 5 nitrogen and oxygen atoms in total. The Labute approximate surface area is 191 Å². The van der Waals surface area contributed by atoms with Gasteiger partial charge in [-0.3, -0.25) is 9.59 Å². The second-order valence-electron chi connectivity index (χ2n) is 10.7. The first kappa shape index (κ1) is 23.0. The summed E-state index contributed by atoms with van der Waals surface area (Å²) in [6, 6.07) is 0. The smallest absolute Gasteiger partial charge is 0.262 e. The van der Waals surface area contributed by atoms with Crippen LogP contribution in [0.5, 0.6) is 0 Å². The molecule has 0 aromatic carbocycles. The molecule has 172 valence electrons. The Hall–Kier alpha value is -1.17. The van der Waals surface area contributed by atoms with E-state index in [0.29, 0.717) is 18.8 Å². The van der Waals surface area contributed by atoms with E-state index in [2.05, 4.69) is 11.9 Å². The number of piperidine rings is 1. The van der Waals surface area contributed by atoms with Gasteiger partial charge in [-0.2, -0.15) is 0 Å². The van der Waals surface area contributed by atoms with Crippen LogP contribution in [-0.2, 0) is 14.4 Å².